The summed E-state index contributed by atoms with van der Waals surface area (Å²) in [4.78, 5) is 13.7. The summed E-state index contributed by atoms with van der Waals surface area (Å²) < 4.78 is 24.3. The van der Waals surface area contributed by atoms with Gasteiger partial charge in [0.05, 0.1) is 5.75 Å². The first kappa shape index (κ1) is 14.4. The molecule has 100 valence electrons. The van der Waals surface area contributed by atoms with E-state index in [0.717, 1.165) is 25.9 Å². The van der Waals surface area contributed by atoms with Gasteiger partial charge >= 0.3 is 0 Å². The summed E-state index contributed by atoms with van der Waals surface area (Å²) in [7, 11) is -0.272. The Morgan fingerprint density at radius 1 is 1.12 bits per heavy atom. The van der Waals surface area contributed by atoms with Crippen molar-refractivity contribution in [3.63, 3.8) is 0 Å². The maximum atomic E-state index is 11.9. The molecule has 0 aromatic carbocycles. The second kappa shape index (κ2) is 6.35. The van der Waals surface area contributed by atoms with E-state index in [2.05, 4.69) is 0 Å². The molecule has 1 aliphatic rings. The molecule has 0 saturated carbocycles. The van der Waals surface area contributed by atoms with Crippen LogP contribution in [0.2, 0.25) is 0 Å². The van der Waals surface area contributed by atoms with Crippen molar-refractivity contribution in [2.75, 3.05) is 32.9 Å². The van der Waals surface area contributed by atoms with E-state index in [4.69, 9.17) is 0 Å². The topological polar surface area (TPSA) is 57.7 Å². The SMILES string of the molecule is CN(C)S(=O)(=O)CCC(=O)N1CCCCCC1. The number of hydrogen-bond donors (Lipinski definition) is 0. The van der Waals surface area contributed by atoms with Crippen molar-refractivity contribution < 1.29 is 13.2 Å². The first-order chi connectivity index (χ1) is 7.93. The molecule has 0 radical (unpaired) electrons. The van der Waals surface area contributed by atoms with Gasteiger partial charge in [0.1, 0.15) is 0 Å². The van der Waals surface area contributed by atoms with Crippen LogP contribution in [0.4, 0.5) is 0 Å². The number of hydrogen-bond acceptors (Lipinski definition) is 3. The predicted molar refractivity (Wildman–Crippen MR) is 67.1 cm³/mol. The number of carbonyl (C=O) groups is 1. The monoisotopic (exact) mass is 262 g/mol. The number of sulfonamides is 1. The van der Waals surface area contributed by atoms with E-state index in [1.54, 1.807) is 4.90 Å². The summed E-state index contributed by atoms with van der Waals surface area (Å²) in [5.41, 5.74) is 0. The smallest absolute Gasteiger partial charge is 0.223 e. The highest BCUT2D eigenvalue weighted by Crippen LogP contribution is 2.11. The van der Waals surface area contributed by atoms with Crippen molar-refractivity contribution in [3.8, 4) is 0 Å². The lowest BCUT2D eigenvalue weighted by Gasteiger charge is -2.20. The minimum atomic E-state index is -3.26. The number of nitrogens with zero attached hydrogens (tertiary/aromatic N) is 2. The summed E-state index contributed by atoms with van der Waals surface area (Å²) in [5, 5.41) is 0. The zero-order chi connectivity index (χ0) is 12.9. The Morgan fingerprint density at radius 2 is 1.65 bits per heavy atom. The quantitative estimate of drug-likeness (QED) is 0.748. The molecule has 0 bridgehead atoms. The molecule has 0 atom stereocenters. The Hall–Kier alpha value is -0.620. The molecule has 1 rings (SSSR count). The molecule has 0 N–H and O–H groups in total. The van der Waals surface area contributed by atoms with Gasteiger partial charge in [-0.15, -0.1) is 0 Å². The molecule has 0 spiro atoms. The second-order valence-electron chi connectivity index (χ2n) is 4.64. The van der Waals surface area contributed by atoms with Crippen molar-refractivity contribution in [3.05, 3.63) is 0 Å². The summed E-state index contributed by atoms with van der Waals surface area (Å²) in [6.45, 7) is 1.56. The van der Waals surface area contributed by atoms with Gasteiger partial charge in [-0.05, 0) is 12.8 Å². The first-order valence-corrected chi connectivity index (χ1v) is 7.72. The molecule has 0 aromatic rings. The minimum absolute atomic E-state index is 0.0303. The molecule has 1 amide bonds. The van der Waals surface area contributed by atoms with Gasteiger partial charge in [-0.2, -0.15) is 0 Å². The molecule has 17 heavy (non-hydrogen) atoms. The van der Waals surface area contributed by atoms with Crippen LogP contribution in [0.5, 0.6) is 0 Å². The standard InChI is InChI=1S/C11H22N2O3S/c1-12(2)17(15,16)10-7-11(14)13-8-5-3-4-6-9-13/h3-10H2,1-2H3. The van der Waals surface area contributed by atoms with Gasteiger partial charge in [0.2, 0.25) is 15.9 Å². The van der Waals surface area contributed by atoms with E-state index >= 15 is 0 Å². The van der Waals surface area contributed by atoms with E-state index in [1.807, 2.05) is 0 Å². The maximum Gasteiger partial charge on any atom is 0.223 e. The average Bonchev–Trinajstić information content (AvgIpc) is 2.54. The molecule has 1 fully saturated rings. The highest BCUT2D eigenvalue weighted by molar-refractivity contribution is 7.89. The Balaban J connectivity index is 2.43. The lowest BCUT2D eigenvalue weighted by Crippen LogP contribution is -2.34. The summed E-state index contributed by atoms with van der Waals surface area (Å²) >= 11 is 0. The van der Waals surface area contributed by atoms with Gasteiger partial charge in [-0.25, -0.2) is 12.7 Å². The number of rotatable bonds is 4. The van der Waals surface area contributed by atoms with Crippen molar-refractivity contribution in [2.45, 2.75) is 32.1 Å². The van der Waals surface area contributed by atoms with Crippen LogP contribution in [0.25, 0.3) is 0 Å². The highest BCUT2D eigenvalue weighted by Gasteiger charge is 2.20. The lowest BCUT2D eigenvalue weighted by molar-refractivity contribution is -0.130. The van der Waals surface area contributed by atoms with Crippen LogP contribution in [-0.2, 0) is 14.8 Å². The second-order valence-corrected chi connectivity index (χ2v) is 6.95. The predicted octanol–water partition coefficient (Wildman–Crippen LogP) is 0.670. The van der Waals surface area contributed by atoms with Crippen LogP contribution in [0.1, 0.15) is 32.1 Å². The average molecular weight is 262 g/mol. The van der Waals surface area contributed by atoms with Gasteiger partial charge < -0.3 is 4.90 Å². The van der Waals surface area contributed by atoms with E-state index < -0.39 is 10.0 Å². The Bertz CT molecular complexity index is 344. The molecule has 1 saturated heterocycles. The zero-order valence-electron chi connectivity index (χ0n) is 10.7. The van der Waals surface area contributed by atoms with Crippen molar-refractivity contribution >= 4 is 15.9 Å². The van der Waals surface area contributed by atoms with Crippen LogP contribution in [0, 0.1) is 0 Å². The molecular weight excluding hydrogens is 240 g/mol. The molecule has 0 aromatic heterocycles. The van der Waals surface area contributed by atoms with Gasteiger partial charge in [0.25, 0.3) is 0 Å². The van der Waals surface area contributed by atoms with Crippen LogP contribution >= 0.6 is 0 Å². The number of likely N-dealkylation sites (tertiary alicyclic amines) is 1. The van der Waals surface area contributed by atoms with Crippen LogP contribution in [-0.4, -0.2) is 56.5 Å². The van der Waals surface area contributed by atoms with Crippen LogP contribution in [0.15, 0.2) is 0 Å². The van der Waals surface area contributed by atoms with Gasteiger partial charge in [0.15, 0.2) is 0 Å². The summed E-state index contributed by atoms with van der Waals surface area (Å²) in [6.07, 6.45) is 4.50. The largest absolute Gasteiger partial charge is 0.343 e. The van der Waals surface area contributed by atoms with Crippen LogP contribution in [0.3, 0.4) is 0 Å². The highest BCUT2D eigenvalue weighted by atomic mass is 32.2. The van der Waals surface area contributed by atoms with E-state index in [1.165, 1.54) is 31.2 Å². The summed E-state index contributed by atoms with van der Waals surface area (Å²) in [5.74, 6) is -0.118. The maximum absolute atomic E-state index is 11.9. The van der Waals surface area contributed by atoms with Crippen molar-refractivity contribution in [1.29, 1.82) is 0 Å². The minimum Gasteiger partial charge on any atom is -0.343 e. The molecule has 0 aliphatic carbocycles. The van der Waals surface area contributed by atoms with Crippen molar-refractivity contribution in [2.24, 2.45) is 0 Å². The van der Waals surface area contributed by atoms with Gasteiger partial charge in [-0.1, -0.05) is 12.8 Å². The van der Waals surface area contributed by atoms with E-state index in [0.29, 0.717) is 0 Å². The Morgan fingerprint density at radius 3 is 2.12 bits per heavy atom. The molecule has 1 aliphatic heterocycles. The third kappa shape index (κ3) is 4.63. The van der Waals surface area contributed by atoms with E-state index in [-0.39, 0.29) is 18.1 Å². The normalized spacial score (nSPS) is 18.2. The fourth-order valence-corrected chi connectivity index (χ4v) is 2.67. The van der Waals surface area contributed by atoms with Gasteiger partial charge in [-0.3, -0.25) is 4.79 Å². The molecule has 5 nitrogen and oxygen atoms in total. The molecule has 0 unspecified atom stereocenters. The zero-order valence-corrected chi connectivity index (χ0v) is 11.5. The third-order valence-electron chi connectivity index (χ3n) is 3.09. The van der Waals surface area contributed by atoms with E-state index in [9.17, 15) is 13.2 Å². The Kier molecular flexibility index (Phi) is 5.39. The van der Waals surface area contributed by atoms with Crippen molar-refractivity contribution in [1.82, 2.24) is 9.21 Å². The molecule has 1 heterocycles. The fraction of sp³-hybridized carbons (Fsp3) is 0.909. The number of amides is 1. The number of carbonyl (C=O) groups excluding carboxylic acids is 1. The first-order valence-electron chi connectivity index (χ1n) is 6.11. The Labute approximate surface area is 104 Å². The van der Waals surface area contributed by atoms with Crippen LogP contribution < -0.4 is 0 Å². The third-order valence-corrected chi connectivity index (χ3v) is 4.92. The lowest BCUT2D eigenvalue weighted by atomic mass is 10.2. The molecule has 6 heteroatoms. The molecular formula is C11H22N2O3S. The summed E-state index contributed by atoms with van der Waals surface area (Å²) in [6, 6.07) is 0. The fourth-order valence-electron chi connectivity index (χ4n) is 1.88. The van der Waals surface area contributed by atoms with Gasteiger partial charge in [0, 0.05) is 33.6 Å².